The van der Waals surface area contributed by atoms with Crippen LogP contribution in [-0.2, 0) is 11.2 Å². The summed E-state index contributed by atoms with van der Waals surface area (Å²) in [6.07, 6.45) is 7.78. The quantitative estimate of drug-likeness (QED) is 0.674. The van der Waals surface area contributed by atoms with Crippen molar-refractivity contribution in [1.82, 2.24) is 24.9 Å². The second-order valence-electron chi connectivity index (χ2n) is 6.72. The predicted molar refractivity (Wildman–Crippen MR) is 88.0 cm³/mol. The van der Waals surface area contributed by atoms with Gasteiger partial charge in [-0.2, -0.15) is 9.78 Å². The molecule has 1 unspecified atom stereocenters. The highest BCUT2D eigenvalue weighted by molar-refractivity contribution is 5.84. The number of hydrogen-bond acceptors (Lipinski definition) is 5. The highest BCUT2D eigenvalue weighted by Crippen LogP contribution is 2.33. The molecular formula is C16H20N6O3. The van der Waals surface area contributed by atoms with Crippen molar-refractivity contribution in [1.29, 1.82) is 0 Å². The highest BCUT2D eigenvalue weighted by Gasteiger charge is 2.34. The smallest absolute Gasteiger partial charge is 0.358 e. The molecule has 0 radical (unpaired) electrons. The van der Waals surface area contributed by atoms with Gasteiger partial charge in [-0.25, -0.2) is 0 Å². The number of rotatable bonds is 3. The second-order valence-corrected chi connectivity index (χ2v) is 6.72. The molecule has 2 aromatic rings. The molecule has 0 spiro atoms. The summed E-state index contributed by atoms with van der Waals surface area (Å²) in [6, 6.07) is 1.52. The number of H-pyrrole nitrogens is 1. The van der Waals surface area contributed by atoms with Crippen LogP contribution in [0.4, 0.5) is 5.82 Å². The molecule has 1 atom stereocenters. The lowest BCUT2D eigenvalue weighted by molar-refractivity contribution is -0.389. The maximum atomic E-state index is 12.9. The molecule has 2 aliphatic rings. The Balaban J connectivity index is 1.40. The fraction of sp³-hybridized carbons (Fsp3) is 0.562. The molecule has 3 heterocycles. The predicted octanol–water partition coefficient (Wildman–Crippen LogP) is 1.80. The summed E-state index contributed by atoms with van der Waals surface area (Å²) in [5, 5.41) is 21.9. The van der Waals surface area contributed by atoms with Crippen molar-refractivity contribution in [3.63, 3.8) is 0 Å². The van der Waals surface area contributed by atoms with Crippen molar-refractivity contribution in [3.8, 4) is 0 Å². The first-order valence-electron chi connectivity index (χ1n) is 8.64. The van der Waals surface area contributed by atoms with Crippen LogP contribution in [0.2, 0.25) is 0 Å². The first-order chi connectivity index (χ1) is 12.1. The Labute approximate surface area is 144 Å². The molecule has 0 bridgehead atoms. The molecule has 4 rings (SSSR count). The van der Waals surface area contributed by atoms with Gasteiger partial charge in [-0.15, -0.1) is 0 Å². The number of nitrogens with zero attached hydrogens (tertiary/aromatic N) is 5. The number of amides is 1. The molecule has 0 aromatic carbocycles. The van der Waals surface area contributed by atoms with E-state index in [-0.39, 0.29) is 23.7 Å². The van der Waals surface area contributed by atoms with Crippen molar-refractivity contribution in [3.05, 3.63) is 39.8 Å². The number of aromatic nitrogens is 4. The molecule has 0 saturated carbocycles. The number of aryl methyl sites for hydroxylation is 1. The molecule has 1 aliphatic heterocycles. The first-order valence-corrected chi connectivity index (χ1v) is 8.64. The van der Waals surface area contributed by atoms with Gasteiger partial charge < -0.3 is 15.0 Å². The van der Waals surface area contributed by atoms with Gasteiger partial charge >= 0.3 is 5.82 Å². The Morgan fingerprint density at radius 3 is 2.84 bits per heavy atom. The van der Waals surface area contributed by atoms with E-state index >= 15 is 0 Å². The third-order valence-corrected chi connectivity index (χ3v) is 5.28. The number of aromatic amines is 1. The molecule has 132 valence electrons. The lowest BCUT2D eigenvalue weighted by Gasteiger charge is -2.34. The van der Waals surface area contributed by atoms with E-state index in [2.05, 4.69) is 15.3 Å². The van der Waals surface area contributed by atoms with E-state index in [9.17, 15) is 14.9 Å². The van der Waals surface area contributed by atoms with Gasteiger partial charge in [0.25, 0.3) is 0 Å². The van der Waals surface area contributed by atoms with Gasteiger partial charge in [0.1, 0.15) is 0 Å². The minimum atomic E-state index is -0.485. The van der Waals surface area contributed by atoms with E-state index in [1.54, 1.807) is 17.1 Å². The van der Waals surface area contributed by atoms with Gasteiger partial charge in [-0.05, 0) is 37.0 Å². The maximum Gasteiger partial charge on any atom is 0.389 e. The van der Waals surface area contributed by atoms with Gasteiger partial charge in [0, 0.05) is 24.3 Å². The van der Waals surface area contributed by atoms with E-state index in [0.717, 1.165) is 43.4 Å². The topological polar surface area (TPSA) is 110 Å². The van der Waals surface area contributed by atoms with Crippen molar-refractivity contribution in [2.75, 3.05) is 13.1 Å². The number of carbonyl (C=O) groups is 1. The van der Waals surface area contributed by atoms with Gasteiger partial charge in [-0.1, -0.05) is 0 Å². The number of carbonyl (C=O) groups excluding carboxylic acids is 1. The molecule has 25 heavy (non-hydrogen) atoms. The standard InChI is InChI=1S/C16H20N6O3/c23-16(12-2-1-3-14-13(12)10-17-18-14)20-7-4-11(5-8-20)21-9-6-15(19-21)22(24)25/h6,9-12H,1-5,7-8H2,(H,17,18). The minimum absolute atomic E-state index is 0.0927. The Kier molecular flexibility index (Phi) is 3.98. The second kappa shape index (κ2) is 6.30. The molecule has 9 nitrogen and oxygen atoms in total. The summed E-state index contributed by atoms with van der Waals surface area (Å²) in [5.41, 5.74) is 2.13. The number of piperidine rings is 1. The van der Waals surface area contributed by atoms with Crippen molar-refractivity contribution >= 4 is 11.7 Å². The molecule has 9 heteroatoms. The molecule has 1 amide bonds. The van der Waals surface area contributed by atoms with Gasteiger partial charge in [0.15, 0.2) is 0 Å². The molecule has 1 saturated heterocycles. The SMILES string of the molecule is O=C(C1CCCc2[nH]ncc21)N1CCC(n2ccc([N+](=O)[O-])n2)CC1. The summed E-state index contributed by atoms with van der Waals surface area (Å²) in [4.78, 5) is 25.1. The zero-order chi connectivity index (χ0) is 17.4. The molecule has 1 aliphatic carbocycles. The zero-order valence-electron chi connectivity index (χ0n) is 13.8. The number of likely N-dealkylation sites (tertiary alicyclic amines) is 1. The van der Waals surface area contributed by atoms with Crippen LogP contribution in [0.25, 0.3) is 0 Å². The van der Waals surface area contributed by atoms with Crippen LogP contribution >= 0.6 is 0 Å². The summed E-state index contributed by atoms with van der Waals surface area (Å²) in [6.45, 7) is 1.31. The van der Waals surface area contributed by atoms with E-state index in [4.69, 9.17) is 0 Å². The van der Waals surface area contributed by atoms with Crippen molar-refractivity contribution in [2.45, 2.75) is 44.1 Å². The lowest BCUT2D eigenvalue weighted by Crippen LogP contribution is -2.42. The summed E-state index contributed by atoms with van der Waals surface area (Å²) < 4.78 is 1.66. The van der Waals surface area contributed by atoms with Crippen molar-refractivity contribution in [2.24, 2.45) is 0 Å². The van der Waals surface area contributed by atoms with Gasteiger partial charge in [-0.3, -0.25) is 9.89 Å². The van der Waals surface area contributed by atoms with Crippen LogP contribution in [0.5, 0.6) is 0 Å². The van der Waals surface area contributed by atoms with Crippen molar-refractivity contribution < 1.29 is 9.72 Å². The Bertz CT molecular complexity index is 789. The largest absolute Gasteiger partial charge is 0.389 e. The van der Waals surface area contributed by atoms with Gasteiger partial charge in [0.05, 0.1) is 35.5 Å². The lowest BCUT2D eigenvalue weighted by atomic mass is 9.85. The van der Waals surface area contributed by atoms with Crippen LogP contribution in [0.1, 0.15) is 48.9 Å². The summed E-state index contributed by atoms with van der Waals surface area (Å²) >= 11 is 0. The third-order valence-electron chi connectivity index (χ3n) is 5.28. The van der Waals surface area contributed by atoms with E-state index < -0.39 is 4.92 Å². The first kappa shape index (κ1) is 15.8. The fourth-order valence-electron chi connectivity index (χ4n) is 3.92. The Hall–Kier alpha value is -2.71. The monoisotopic (exact) mass is 344 g/mol. The van der Waals surface area contributed by atoms with Crippen LogP contribution in [0, 0.1) is 10.1 Å². The average Bonchev–Trinajstić information content (AvgIpc) is 3.30. The highest BCUT2D eigenvalue weighted by atomic mass is 16.6. The molecule has 2 aromatic heterocycles. The zero-order valence-corrected chi connectivity index (χ0v) is 13.8. The molecule has 1 fully saturated rings. The summed E-state index contributed by atoms with van der Waals surface area (Å²) in [5.74, 6) is -0.0507. The van der Waals surface area contributed by atoms with Crippen LogP contribution in [0.15, 0.2) is 18.5 Å². The number of nitro groups is 1. The molecule has 1 N–H and O–H groups in total. The van der Waals surface area contributed by atoms with E-state index in [1.807, 2.05) is 4.90 Å². The number of fused-ring (bicyclic) bond motifs is 1. The fourth-order valence-corrected chi connectivity index (χ4v) is 3.92. The van der Waals surface area contributed by atoms with E-state index in [1.165, 1.54) is 6.07 Å². The van der Waals surface area contributed by atoms with Gasteiger partial charge in [0.2, 0.25) is 5.91 Å². The van der Waals surface area contributed by atoms with Crippen LogP contribution < -0.4 is 0 Å². The van der Waals surface area contributed by atoms with Crippen LogP contribution in [-0.4, -0.2) is 48.8 Å². The average molecular weight is 344 g/mol. The minimum Gasteiger partial charge on any atom is -0.358 e. The number of hydrogen-bond donors (Lipinski definition) is 1. The van der Waals surface area contributed by atoms with Crippen LogP contribution in [0.3, 0.4) is 0 Å². The maximum absolute atomic E-state index is 12.9. The normalized spacial score (nSPS) is 21.1. The number of nitrogens with one attached hydrogen (secondary N) is 1. The Morgan fingerprint density at radius 1 is 1.32 bits per heavy atom. The third kappa shape index (κ3) is 2.90. The summed E-state index contributed by atoms with van der Waals surface area (Å²) in [7, 11) is 0. The Morgan fingerprint density at radius 2 is 2.12 bits per heavy atom. The van der Waals surface area contributed by atoms with E-state index in [0.29, 0.717) is 13.1 Å². The molecular weight excluding hydrogens is 324 g/mol.